The average molecular weight is 378 g/mol. The second-order valence-corrected chi connectivity index (χ2v) is 9.47. The molecule has 0 aliphatic rings. The molecule has 0 spiro atoms. The Bertz CT molecular complexity index is 1090. The largest absolute Gasteiger partial charge is 0.313 e. The first-order valence-corrected chi connectivity index (χ1v) is 10.7. The second-order valence-electron chi connectivity index (χ2n) is 6.21. The molecule has 128 valence electrons. The lowest BCUT2D eigenvalue weighted by Crippen LogP contribution is -2.18. The van der Waals surface area contributed by atoms with E-state index >= 15 is 0 Å². The van der Waals surface area contributed by atoms with Crippen molar-refractivity contribution in [2.24, 2.45) is 0 Å². The van der Waals surface area contributed by atoms with Crippen molar-refractivity contribution in [3.05, 3.63) is 102 Å². The molecule has 1 heterocycles. The summed E-state index contributed by atoms with van der Waals surface area (Å²) in [6.45, 7) is 0. The third-order valence-corrected chi connectivity index (χ3v) is 7.74. The van der Waals surface area contributed by atoms with Gasteiger partial charge in [-0.25, -0.2) is 0 Å². The van der Waals surface area contributed by atoms with E-state index in [1.54, 1.807) is 12.1 Å². The highest BCUT2D eigenvalue weighted by Gasteiger charge is 2.28. The third kappa shape index (κ3) is 3.31. The van der Waals surface area contributed by atoms with Gasteiger partial charge in [-0.15, -0.1) is 0 Å². The number of para-hydroxylation sites is 1. The quantitative estimate of drug-likeness (QED) is 0.445. The van der Waals surface area contributed by atoms with Crippen molar-refractivity contribution in [1.82, 2.24) is 4.98 Å². The fraction of sp³-hybridized carbons (Fsp3) is 0.0455. The Morgan fingerprint density at radius 2 is 1.38 bits per heavy atom. The van der Waals surface area contributed by atoms with Gasteiger partial charge in [0.2, 0.25) is 0 Å². The zero-order valence-corrected chi connectivity index (χ0v) is 15.7. The van der Waals surface area contributed by atoms with Gasteiger partial charge in [0.1, 0.15) is 7.14 Å². The van der Waals surface area contributed by atoms with E-state index < -0.39 is 7.14 Å². The minimum absolute atomic E-state index is 0.378. The second kappa shape index (κ2) is 7.07. The Balaban J connectivity index is 1.82. The predicted octanol–water partition coefficient (Wildman–Crippen LogP) is 5.40. The Morgan fingerprint density at radius 1 is 0.731 bits per heavy atom. The van der Waals surface area contributed by atoms with Crippen LogP contribution in [0, 0.1) is 0 Å². The van der Waals surface area contributed by atoms with E-state index in [4.69, 9.17) is 16.6 Å². The summed E-state index contributed by atoms with van der Waals surface area (Å²) in [4.78, 5) is 4.73. The van der Waals surface area contributed by atoms with E-state index in [9.17, 15) is 4.57 Å². The molecule has 1 atom stereocenters. The van der Waals surface area contributed by atoms with Gasteiger partial charge >= 0.3 is 0 Å². The van der Waals surface area contributed by atoms with Crippen LogP contribution >= 0.6 is 18.7 Å². The molecule has 26 heavy (non-hydrogen) atoms. The Morgan fingerprint density at radius 3 is 2.15 bits per heavy atom. The van der Waals surface area contributed by atoms with Crippen molar-refractivity contribution < 1.29 is 4.57 Å². The van der Waals surface area contributed by atoms with E-state index in [0.29, 0.717) is 11.2 Å². The lowest BCUT2D eigenvalue weighted by molar-refractivity contribution is 0.586. The van der Waals surface area contributed by atoms with Gasteiger partial charge in [0.15, 0.2) is 0 Å². The summed E-state index contributed by atoms with van der Waals surface area (Å²) in [5, 5.41) is 3.34. The minimum Gasteiger partial charge on any atom is -0.313 e. The van der Waals surface area contributed by atoms with Gasteiger partial charge in [0.05, 0.1) is 11.7 Å². The van der Waals surface area contributed by atoms with Crippen molar-refractivity contribution >= 4 is 40.3 Å². The molecule has 4 heteroatoms. The normalized spacial score (nSPS) is 13.4. The summed E-state index contributed by atoms with van der Waals surface area (Å²) in [6.07, 6.45) is 0.378. The topological polar surface area (TPSA) is 30.0 Å². The molecule has 1 aromatic heterocycles. The summed E-state index contributed by atoms with van der Waals surface area (Å²) in [6, 6.07) is 28.9. The lowest BCUT2D eigenvalue weighted by atomic mass is 10.2. The van der Waals surface area contributed by atoms with Gasteiger partial charge in [-0.2, -0.15) is 0 Å². The smallest absolute Gasteiger partial charge is 0.148 e. The van der Waals surface area contributed by atoms with Crippen LogP contribution in [0.25, 0.3) is 10.9 Å². The van der Waals surface area contributed by atoms with Crippen LogP contribution in [0.1, 0.15) is 5.69 Å². The molecule has 0 radical (unpaired) electrons. The molecule has 0 amide bonds. The van der Waals surface area contributed by atoms with Crippen LogP contribution in [0.15, 0.2) is 91.0 Å². The van der Waals surface area contributed by atoms with Crippen molar-refractivity contribution in [3.63, 3.8) is 0 Å². The number of fused-ring (bicyclic) bond motifs is 1. The van der Waals surface area contributed by atoms with Crippen LogP contribution < -0.4 is 10.6 Å². The minimum atomic E-state index is -2.86. The number of pyridine rings is 1. The Hall–Kier alpha value is -2.41. The van der Waals surface area contributed by atoms with Gasteiger partial charge in [0.25, 0.3) is 0 Å². The number of hydrogen-bond donors (Lipinski definition) is 0. The van der Waals surface area contributed by atoms with Gasteiger partial charge < -0.3 is 4.57 Å². The van der Waals surface area contributed by atoms with E-state index in [0.717, 1.165) is 27.2 Å². The fourth-order valence-electron chi connectivity index (χ4n) is 3.11. The van der Waals surface area contributed by atoms with Crippen LogP contribution in [0.2, 0.25) is 5.02 Å². The molecule has 0 bridgehead atoms. The molecule has 0 N–H and O–H groups in total. The number of hydrogen-bond acceptors (Lipinski definition) is 2. The molecule has 0 saturated heterocycles. The van der Waals surface area contributed by atoms with Crippen LogP contribution in [-0.2, 0) is 10.7 Å². The van der Waals surface area contributed by atoms with Gasteiger partial charge in [-0.3, -0.25) is 4.98 Å². The molecule has 3 aromatic carbocycles. The van der Waals surface area contributed by atoms with Gasteiger partial charge in [0, 0.05) is 26.7 Å². The maximum Gasteiger partial charge on any atom is 0.148 e. The summed E-state index contributed by atoms with van der Waals surface area (Å²) < 4.78 is 14.2. The molecular weight excluding hydrogens is 361 g/mol. The highest BCUT2D eigenvalue weighted by atomic mass is 35.5. The summed E-state index contributed by atoms with van der Waals surface area (Å²) in [5.41, 5.74) is 1.74. The third-order valence-electron chi connectivity index (χ3n) is 4.46. The standard InChI is InChI=1S/C22H17ClNOP/c23-18-11-14-21(15-12-18)26(25,20-7-2-1-3-8-20)16-19-13-10-17-6-4-5-9-22(17)24-19/h1-15H,16H2. The molecule has 0 aliphatic heterocycles. The molecular formula is C22H17ClNOP. The lowest BCUT2D eigenvalue weighted by Gasteiger charge is -2.19. The summed E-state index contributed by atoms with van der Waals surface area (Å²) in [5.74, 6) is 0. The maximum atomic E-state index is 14.2. The van der Waals surface area contributed by atoms with Crippen molar-refractivity contribution in [2.45, 2.75) is 6.16 Å². The summed E-state index contributed by atoms with van der Waals surface area (Å²) in [7, 11) is -2.86. The zero-order chi connectivity index (χ0) is 18.0. The predicted molar refractivity (Wildman–Crippen MR) is 110 cm³/mol. The van der Waals surface area contributed by atoms with Gasteiger partial charge in [-0.1, -0.05) is 66.2 Å². The SMILES string of the molecule is O=P(Cc1ccc2ccccc2n1)(c1ccccc1)c1ccc(Cl)cc1. The molecule has 4 aromatic rings. The molecule has 0 fully saturated rings. The molecule has 2 nitrogen and oxygen atoms in total. The Labute approximate surface area is 157 Å². The molecule has 0 saturated carbocycles. The first-order valence-electron chi connectivity index (χ1n) is 8.41. The monoisotopic (exact) mass is 377 g/mol. The fourth-order valence-corrected chi connectivity index (χ4v) is 5.81. The highest BCUT2D eigenvalue weighted by Crippen LogP contribution is 2.46. The van der Waals surface area contributed by atoms with Crippen molar-refractivity contribution in [3.8, 4) is 0 Å². The van der Waals surface area contributed by atoms with Gasteiger partial charge in [-0.05, 0) is 36.4 Å². The van der Waals surface area contributed by atoms with E-state index in [-0.39, 0.29) is 0 Å². The first-order chi connectivity index (χ1) is 12.6. The number of nitrogens with zero attached hydrogens (tertiary/aromatic N) is 1. The molecule has 0 aliphatic carbocycles. The average Bonchev–Trinajstić information content (AvgIpc) is 2.69. The maximum absolute atomic E-state index is 14.2. The van der Waals surface area contributed by atoms with Crippen molar-refractivity contribution in [1.29, 1.82) is 0 Å². The highest BCUT2D eigenvalue weighted by molar-refractivity contribution is 7.78. The van der Waals surface area contributed by atoms with E-state index in [1.165, 1.54) is 0 Å². The number of aromatic nitrogens is 1. The molecule has 1 unspecified atom stereocenters. The summed E-state index contributed by atoms with van der Waals surface area (Å²) >= 11 is 6.03. The van der Waals surface area contributed by atoms with Crippen LogP contribution in [0.4, 0.5) is 0 Å². The van der Waals surface area contributed by atoms with Crippen LogP contribution in [-0.4, -0.2) is 4.98 Å². The molecule has 4 rings (SSSR count). The zero-order valence-electron chi connectivity index (χ0n) is 14.0. The van der Waals surface area contributed by atoms with E-state index in [1.807, 2.05) is 78.9 Å². The Kier molecular flexibility index (Phi) is 4.63. The van der Waals surface area contributed by atoms with Crippen molar-refractivity contribution in [2.75, 3.05) is 0 Å². The van der Waals surface area contributed by atoms with Crippen LogP contribution in [0.5, 0.6) is 0 Å². The number of halogens is 1. The van der Waals surface area contributed by atoms with Crippen LogP contribution in [0.3, 0.4) is 0 Å². The number of benzene rings is 3. The number of rotatable bonds is 4. The first kappa shape index (κ1) is 17.0. The van der Waals surface area contributed by atoms with E-state index in [2.05, 4.69) is 0 Å².